The van der Waals surface area contributed by atoms with Crippen LogP contribution in [0.5, 0.6) is 0 Å². The minimum atomic E-state index is -5.71. The van der Waals surface area contributed by atoms with Gasteiger partial charge in [-0.25, -0.2) is 13.9 Å². The highest BCUT2D eigenvalue weighted by Crippen LogP contribution is 2.60. The first kappa shape index (κ1) is 63.4. The van der Waals surface area contributed by atoms with E-state index < -0.39 is 127 Å². The number of aliphatic hydroxyl groups is 5. The number of hydrogen-bond acceptors (Lipinski definition) is 18. The summed E-state index contributed by atoms with van der Waals surface area (Å²) in [4.78, 5) is 64.2. The maximum atomic E-state index is 13.3. The summed E-state index contributed by atoms with van der Waals surface area (Å²) in [5.41, 5.74) is 4.73. The molecule has 21 nitrogen and oxygen atoms in total. The molecule has 1 aromatic heterocycles. The Kier molecular flexibility index (Phi) is 30.0. The molecule has 2 bridgehead atoms. The molecule has 3 rings (SSSR count). The summed E-state index contributed by atoms with van der Waals surface area (Å²) in [5, 5.41) is 57.3. The Morgan fingerprint density at radius 1 is 0.849 bits per heavy atom. The molecule has 0 amide bonds. The van der Waals surface area contributed by atoms with Gasteiger partial charge in [0, 0.05) is 30.9 Å². The zero-order chi connectivity index (χ0) is 53.7. The summed E-state index contributed by atoms with van der Waals surface area (Å²) in [7, 11) is -11.3. The number of allylic oxidation sites excluding steroid dienone is 9. The fraction of sp³-hybridized carbons (Fsp3) is 0.640. The monoisotopic (exact) mass is 1070 g/mol. The molecule has 0 aliphatic carbocycles. The first-order chi connectivity index (χ1) is 34.9. The van der Waals surface area contributed by atoms with Gasteiger partial charge < -0.3 is 55.3 Å². The Labute approximate surface area is 428 Å². The molecule has 2 unspecified atom stereocenters. The van der Waals surface area contributed by atoms with Gasteiger partial charge in [0.2, 0.25) is 0 Å². The van der Waals surface area contributed by atoms with Crippen molar-refractivity contribution in [1.82, 2.24) is 9.55 Å². The van der Waals surface area contributed by atoms with E-state index >= 15 is 0 Å². The first-order valence-electron chi connectivity index (χ1n) is 25.2. The summed E-state index contributed by atoms with van der Waals surface area (Å²) in [6, 6.07) is 1.22. The van der Waals surface area contributed by atoms with Crippen molar-refractivity contribution in [3.63, 3.8) is 0 Å². The van der Waals surface area contributed by atoms with Gasteiger partial charge in [0.25, 0.3) is 0 Å². The van der Waals surface area contributed by atoms with Crippen molar-refractivity contribution in [3.8, 4) is 0 Å². The highest BCUT2D eigenvalue weighted by atomic mass is 31.3. The molecule has 23 heteroatoms. The van der Waals surface area contributed by atoms with E-state index in [2.05, 4.69) is 64.8 Å². The van der Waals surface area contributed by atoms with E-state index in [9.17, 15) is 58.8 Å². The molecule has 0 spiro atoms. The lowest BCUT2D eigenvalue weighted by atomic mass is 9.82. The minimum Gasteiger partial charge on any atom is -0.461 e. The number of phosphoric acid groups is 2. The second-order valence-corrected chi connectivity index (χ2v) is 21.0. The molecule has 1 fully saturated rings. The van der Waals surface area contributed by atoms with Crippen LogP contribution in [0.15, 0.2) is 90.0 Å². The molecule has 3 heterocycles. The normalized spacial score (nSPS) is 30.6. The van der Waals surface area contributed by atoms with Crippen molar-refractivity contribution in [1.29, 1.82) is 0 Å². The van der Waals surface area contributed by atoms with Gasteiger partial charge in [0.05, 0.1) is 44.1 Å². The number of anilines is 1. The molecule has 2 aliphatic rings. The van der Waals surface area contributed by atoms with E-state index in [1.54, 1.807) is 0 Å². The number of unbranched alkanes of at least 4 members (excludes halogenated alkanes) is 6. The summed E-state index contributed by atoms with van der Waals surface area (Å²) >= 11 is 0. The zero-order valence-corrected chi connectivity index (χ0v) is 43.8. The zero-order valence-electron chi connectivity index (χ0n) is 42.0. The minimum absolute atomic E-state index is 0.0461. The van der Waals surface area contributed by atoms with Crippen LogP contribution >= 0.6 is 15.6 Å². The maximum absolute atomic E-state index is 13.3. The number of hydrogen-bond donors (Lipinski definition) is 8. The Morgan fingerprint density at radius 3 is 2.18 bits per heavy atom. The van der Waals surface area contributed by atoms with Crippen molar-refractivity contribution in [3.05, 3.63) is 95.7 Å². The average molecular weight is 1070 g/mol. The Morgan fingerprint density at radius 2 is 1.51 bits per heavy atom. The molecular weight excluding hydrogens is 993 g/mol. The number of rotatable bonds is 22. The van der Waals surface area contributed by atoms with E-state index in [1.165, 1.54) is 30.4 Å². The van der Waals surface area contributed by atoms with E-state index in [-0.39, 0.29) is 18.7 Å². The molecule has 1 aromatic rings. The summed E-state index contributed by atoms with van der Waals surface area (Å²) < 4.78 is 58.7. The Bertz CT molecular complexity index is 2130. The number of nitrogens with two attached hydrogens (primary N) is 1. The fourth-order valence-corrected chi connectivity index (χ4v) is 9.96. The standard InChI is InChI=1S/C50H79N3O18P2/c1-3-5-7-8-9-10-11-12-13-14-15-16-17-18-19-20-22-28-46(58)69-38-34-66-45(57)27-24-23-26-40-42(56)33-41(55)39(30-29-37(54)25-21-6-4-2)47(59)48(60)43(36-68-73(64,65)71-72(62,63)67-35-38)70-49(40)53-32-31-44(51)52-50(53)61/h5,7,9-10,12-13,15-16,23-24,29-32,37-43,47-49,54-56,59-60H,3-4,6,8,11,14,17-22,25-28,33-36H2,1-2H3,(H,62,63)(H,64,65)(H2,51,52,61)/b7-5-,10-9-,13-12-,16-15-,24-23-,30-29?/t37-,38-,39+,40-,41-,42+,43-,47+,48-,49-/m1/s1. The van der Waals surface area contributed by atoms with Crippen LogP contribution < -0.4 is 11.4 Å². The topological polar surface area (TPSA) is 326 Å². The SMILES string of the molecule is CC/C=C\C/C=C\C/C=C\C/C=C\CCCCCCC(=O)O[C@@H]1COC(=O)C/C=C\C[C@H]2[C@H](n3ccc(N)nc3=O)O[C@H](COP(=O)(O)OP(=O)(O)OC1)[C@@H](O)[C@@H](O)[C@@H](C=C[C@H](O)CCCCC)[C@H](O)C[C@@H]2O. The molecule has 412 valence electrons. The molecule has 2 aliphatic heterocycles. The van der Waals surface area contributed by atoms with Gasteiger partial charge in [-0.2, -0.15) is 9.29 Å². The van der Waals surface area contributed by atoms with Crippen LogP contribution in [-0.4, -0.2) is 119 Å². The van der Waals surface area contributed by atoms with E-state index in [0.29, 0.717) is 25.7 Å². The number of aliphatic hydroxyl groups excluding tert-OH is 5. The van der Waals surface area contributed by atoms with Crippen LogP contribution in [0, 0.1) is 11.8 Å². The van der Waals surface area contributed by atoms with Crippen LogP contribution in [0.1, 0.15) is 129 Å². The smallest absolute Gasteiger partial charge is 0.461 e. The number of fused-ring (bicyclic) bond motifs is 3. The average Bonchev–Trinajstić information content (AvgIpc) is 3.33. The molecule has 0 aromatic carbocycles. The molecule has 12 atom stereocenters. The third kappa shape index (κ3) is 25.4. The number of carbonyl (C=O) groups is 2. The van der Waals surface area contributed by atoms with Crippen molar-refractivity contribution in [2.45, 2.75) is 172 Å². The molecule has 0 saturated carbocycles. The number of carbonyl (C=O) groups excluding carboxylic acids is 2. The lowest BCUT2D eigenvalue weighted by Gasteiger charge is -2.40. The lowest BCUT2D eigenvalue weighted by molar-refractivity contribution is -0.194. The number of aromatic nitrogens is 2. The Hall–Kier alpha value is -3.92. The second kappa shape index (κ2) is 34.6. The quantitative estimate of drug-likeness (QED) is 0.0266. The van der Waals surface area contributed by atoms with Crippen LogP contribution in [0.3, 0.4) is 0 Å². The van der Waals surface area contributed by atoms with Gasteiger partial charge in [-0.05, 0) is 63.9 Å². The first-order valence-corrected chi connectivity index (χ1v) is 28.2. The van der Waals surface area contributed by atoms with Gasteiger partial charge in [-0.3, -0.25) is 23.2 Å². The van der Waals surface area contributed by atoms with Gasteiger partial charge >= 0.3 is 33.3 Å². The number of phosphoric ester groups is 2. The fourth-order valence-electron chi connectivity index (χ4n) is 7.85. The van der Waals surface area contributed by atoms with Gasteiger partial charge in [-0.15, -0.1) is 0 Å². The van der Waals surface area contributed by atoms with E-state index in [4.69, 9.17) is 29.0 Å². The molecule has 73 heavy (non-hydrogen) atoms. The highest BCUT2D eigenvalue weighted by molar-refractivity contribution is 7.61. The predicted molar refractivity (Wildman–Crippen MR) is 272 cm³/mol. The Balaban J connectivity index is 1.79. The summed E-state index contributed by atoms with van der Waals surface area (Å²) in [6.07, 6.45) is 19.0. The van der Waals surface area contributed by atoms with E-state index in [0.717, 1.165) is 68.6 Å². The number of cyclic esters (lactones) is 1. The van der Waals surface area contributed by atoms with Gasteiger partial charge in [0.15, 0.2) is 6.10 Å². The van der Waals surface area contributed by atoms with Gasteiger partial charge in [0.1, 0.15) is 30.9 Å². The van der Waals surface area contributed by atoms with E-state index in [1.807, 2.05) is 6.92 Å². The molecule has 0 radical (unpaired) electrons. The van der Waals surface area contributed by atoms with Crippen LogP contribution in [0.2, 0.25) is 0 Å². The van der Waals surface area contributed by atoms with Crippen LogP contribution in [0.25, 0.3) is 0 Å². The van der Waals surface area contributed by atoms with Crippen molar-refractivity contribution >= 4 is 33.4 Å². The maximum Gasteiger partial charge on any atom is 0.481 e. The van der Waals surface area contributed by atoms with Crippen molar-refractivity contribution < 1.29 is 81.6 Å². The number of nitrogens with zero attached hydrogens (tertiary/aromatic N) is 2. The third-order valence-corrected chi connectivity index (χ3v) is 14.5. The highest BCUT2D eigenvalue weighted by Gasteiger charge is 2.45. The van der Waals surface area contributed by atoms with Crippen LogP contribution in [0.4, 0.5) is 5.82 Å². The molecular formula is C50H79N3O18P2. The summed E-state index contributed by atoms with van der Waals surface area (Å²) in [5.74, 6) is -4.48. The van der Waals surface area contributed by atoms with Crippen molar-refractivity contribution in [2.75, 3.05) is 25.6 Å². The summed E-state index contributed by atoms with van der Waals surface area (Å²) in [6.45, 7) is 1.25. The molecule has 9 N–H and O–H groups in total. The van der Waals surface area contributed by atoms with Gasteiger partial charge in [-0.1, -0.05) is 119 Å². The lowest BCUT2D eigenvalue weighted by Crippen LogP contribution is -2.52. The number of esters is 2. The largest absolute Gasteiger partial charge is 0.481 e. The number of ether oxygens (including phenoxy) is 3. The second-order valence-electron chi connectivity index (χ2n) is 17.9. The van der Waals surface area contributed by atoms with Crippen molar-refractivity contribution in [2.24, 2.45) is 11.8 Å². The number of nitrogen functional groups attached to an aromatic ring is 1. The van der Waals surface area contributed by atoms with Crippen LogP contribution in [-0.2, 0) is 46.3 Å². The third-order valence-electron chi connectivity index (χ3n) is 11.9. The molecule has 1 saturated heterocycles. The predicted octanol–water partition coefficient (Wildman–Crippen LogP) is 6.49.